The Kier molecular flexibility index (Phi) is 3.24. The summed E-state index contributed by atoms with van der Waals surface area (Å²) in [4.78, 5) is 1.37. The van der Waals surface area contributed by atoms with E-state index in [1.807, 2.05) is 30.3 Å². The van der Waals surface area contributed by atoms with Crippen LogP contribution in [0.5, 0.6) is 5.75 Å². The standard InChI is InChI=1S/C18H11ClN3O/c19-14-7-8-15-16(11-14)21-22(20-15)17-10-13(6-9-18(17)23)12-4-2-1-3-5-12/h1-11H. The van der Waals surface area contributed by atoms with Crippen LogP contribution in [0.2, 0.25) is 5.02 Å². The Morgan fingerprint density at radius 3 is 2.39 bits per heavy atom. The molecule has 1 aromatic heterocycles. The first-order valence-corrected chi connectivity index (χ1v) is 7.48. The molecule has 4 aromatic rings. The Hall–Kier alpha value is -2.85. The summed E-state index contributed by atoms with van der Waals surface area (Å²) in [5, 5.41) is 21.5. The first kappa shape index (κ1) is 13.8. The van der Waals surface area contributed by atoms with Crippen molar-refractivity contribution in [3.05, 3.63) is 71.8 Å². The Bertz CT molecular complexity index is 996. The molecule has 0 fully saturated rings. The molecule has 0 saturated heterocycles. The third kappa shape index (κ3) is 2.53. The summed E-state index contributed by atoms with van der Waals surface area (Å²) in [6.45, 7) is 0. The zero-order valence-electron chi connectivity index (χ0n) is 12.0. The fraction of sp³-hybridized carbons (Fsp3) is 0. The summed E-state index contributed by atoms with van der Waals surface area (Å²) in [5.74, 6) is -0.129. The van der Waals surface area contributed by atoms with Gasteiger partial charge in [0, 0.05) is 5.02 Å². The van der Waals surface area contributed by atoms with E-state index in [1.54, 1.807) is 36.4 Å². The lowest BCUT2D eigenvalue weighted by Gasteiger charge is -2.05. The molecule has 0 bridgehead atoms. The van der Waals surface area contributed by atoms with Crippen LogP contribution in [0.1, 0.15) is 0 Å². The number of hydrogen-bond donors (Lipinski definition) is 0. The summed E-state index contributed by atoms with van der Waals surface area (Å²) in [6.07, 6.45) is 0. The lowest BCUT2D eigenvalue weighted by atomic mass is 10.1. The number of aromatic nitrogens is 3. The first-order valence-electron chi connectivity index (χ1n) is 7.10. The van der Waals surface area contributed by atoms with Crippen molar-refractivity contribution in [3.63, 3.8) is 0 Å². The number of fused-ring (bicyclic) bond motifs is 1. The van der Waals surface area contributed by atoms with Gasteiger partial charge in [-0.1, -0.05) is 48.0 Å². The van der Waals surface area contributed by atoms with Crippen LogP contribution in [0.15, 0.2) is 66.7 Å². The van der Waals surface area contributed by atoms with Crippen LogP contribution in [0, 0.1) is 0 Å². The molecule has 3 aromatic carbocycles. The number of rotatable bonds is 2. The second kappa shape index (κ2) is 5.41. The van der Waals surface area contributed by atoms with Gasteiger partial charge in [-0.25, -0.2) is 0 Å². The normalized spacial score (nSPS) is 11.0. The number of hydrogen-bond acceptors (Lipinski definition) is 2. The lowest BCUT2D eigenvalue weighted by Crippen LogP contribution is -1.99. The van der Waals surface area contributed by atoms with E-state index >= 15 is 0 Å². The van der Waals surface area contributed by atoms with Gasteiger partial charge in [-0.3, -0.25) is 5.11 Å². The molecule has 0 N–H and O–H groups in total. The minimum Gasteiger partial charge on any atom is -0.287 e. The van der Waals surface area contributed by atoms with Crippen molar-refractivity contribution in [2.75, 3.05) is 0 Å². The Balaban J connectivity index is 1.86. The monoisotopic (exact) mass is 320 g/mol. The van der Waals surface area contributed by atoms with Crippen molar-refractivity contribution in [2.24, 2.45) is 0 Å². The van der Waals surface area contributed by atoms with Crippen LogP contribution in [0.4, 0.5) is 0 Å². The molecule has 1 radical (unpaired) electrons. The van der Waals surface area contributed by atoms with E-state index in [0.717, 1.165) is 11.1 Å². The fourth-order valence-electron chi connectivity index (χ4n) is 2.48. The number of halogens is 1. The lowest BCUT2D eigenvalue weighted by molar-refractivity contribution is 0.351. The summed E-state index contributed by atoms with van der Waals surface area (Å²) in [5.41, 5.74) is 3.74. The van der Waals surface area contributed by atoms with Gasteiger partial charge in [0.05, 0.1) is 0 Å². The SMILES string of the molecule is [O]c1ccc(-c2ccccc2)cc1-n1nc2ccc(Cl)cc2n1. The van der Waals surface area contributed by atoms with E-state index in [4.69, 9.17) is 11.6 Å². The molecule has 111 valence electrons. The van der Waals surface area contributed by atoms with Gasteiger partial charge in [-0.2, -0.15) is 0 Å². The highest BCUT2D eigenvalue weighted by molar-refractivity contribution is 6.31. The van der Waals surface area contributed by atoms with Crippen LogP contribution in [0.3, 0.4) is 0 Å². The summed E-state index contributed by atoms with van der Waals surface area (Å²) in [6, 6.07) is 20.3. The molecule has 4 nitrogen and oxygen atoms in total. The van der Waals surface area contributed by atoms with Gasteiger partial charge in [0.2, 0.25) is 5.75 Å². The van der Waals surface area contributed by atoms with E-state index < -0.39 is 0 Å². The summed E-state index contributed by atoms with van der Waals surface area (Å²) in [7, 11) is 0. The van der Waals surface area contributed by atoms with Crippen LogP contribution >= 0.6 is 11.6 Å². The second-order valence-corrected chi connectivity index (χ2v) is 5.61. The van der Waals surface area contributed by atoms with E-state index in [1.165, 1.54) is 4.80 Å². The quantitative estimate of drug-likeness (QED) is 0.528. The maximum Gasteiger partial charge on any atom is 0.206 e. The van der Waals surface area contributed by atoms with Crippen LogP contribution in [0.25, 0.3) is 27.8 Å². The van der Waals surface area contributed by atoms with Crippen LogP contribution in [-0.4, -0.2) is 15.0 Å². The van der Waals surface area contributed by atoms with E-state index in [0.29, 0.717) is 21.7 Å². The third-order valence-electron chi connectivity index (χ3n) is 3.62. The number of benzene rings is 3. The van der Waals surface area contributed by atoms with E-state index in [-0.39, 0.29) is 5.75 Å². The predicted octanol–water partition coefficient (Wildman–Crippen LogP) is 4.88. The van der Waals surface area contributed by atoms with Crippen molar-refractivity contribution in [1.29, 1.82) is 0 Å². The molecule has 1 heterocycles. The maximum absolute atomic E-state index is 12.2. The highest BCUT2D eigenvalue weighted by Crippen LogP contribution is 2.29. The Morgan fingerprint density at radius 2 is 1.57 bits per heavy atom. The fourth-order valence-corrected chi connectivity index (χ4v) is 2.65. The third-order valence-corrected chi connectivity index (χ3v) is 3.86. The summed E-state index contributed by atoms with van der Waals surface area (Å²) < 4.78 is 0. The van der Waals surface area contributed by atoms with Gasteiger partial charge in [0.15, 0.2) is 0 Å². The molecule has 0 amide bonds. The smallest absolute Gasteiger partial charge is 0.206 e. The van der Waals surface area contributed by atoms with E-state index in [2.05, 4.69) is 10.2 Å². The topological polar surface area (TPSA) is 50.6 Å². The maximum atomic E-state index is 12.2. The number of nitrogens with zero attached hydrogens (tertiary/aromatic N) is 3. The van der Waals surface area contributed by atoms with Gasteiger partial charge in [-0.05, 0) is 41.5 Å². The largest absolute Gasteiger partial charge is 0.287 e. The highest BCUT2D eigenvalue weighted by atomic mass is 35.5. The van der Waals surface area contributed by atoms with Crippen molar-refractivity contribution in [2.45, 2.75) is 0 Å². The molecule has 0 saturated carbocycles. The van der Waals surface area contributed by atoms with Crippen molar-refractivity contribution >= 4 is 22.6 Å². The molecular formula is C18H11ClN3O. The molecule has 0 aliphatic rings. The zero-order valence-corrected chi connectivity index (χ0v) is 12.7. The predicted molar refractivity (Wildman–Crippen MR) is 89.4 cm³/mol. The molecule has 0 aliphatic carbocycles. The molecule has 23 heavy (non-hydrogen) atoms. The highest BCUT2D eigenvalue weighted by Gasteiger charge is 2.12. The second-order valence-electron chi connectivity index (χ2n) is 5.17. The van der Waals surface area contributed by atoms with Gasteiger partial charge < -0.3 is 0 Å². The molecule has 0 unspecified atom stereocenters. The van der Waals surface area contributed by atoms with Gasteiger partial charge >= 0.3 is 0 Å². The molecule has 0 aliphatic heterocycles. The Labute approximate surface area is 137 Å². The molecular weight excluding hydrogens is 310 g/mol. The average Bonchev–Trinajstić information content (AvgIpc) is 2.99. The van der Waals surface area contributed by atoms with Crippen LogP contribution in [-0.2, 0) is 5.11 Å². The minimum absolute atomic E-state index is 0.129. The van der Waals surface area contributed by atoms with Crippen molar-refractivity contribution in [3.8, 4) is 22.6 Å². The van der Waals surface area contributed by atoms with Crippen molar-refractivity contribution < 1.29 is 5.11 Å². The zero-order chi connectivity index (χ0) is 15.8. The van der Waals surface area contributed by atoms with Gasteiger partial charge in [0.1, 0.15) is 16.7 Å². The minimum atomic E-state index is -0.129. The molecule has 0 spiro atoms. The van der Waals surface area contributed by atoms with E-state index in [9.17, 15) is 5.11 Å². The van der Waals surface area contributed by atoms with Gasteiger partial charge in [-0.15, -0.1) is 15.0 Å². The first-order chi connectivity index (χ1) is 11.2. The van der Waals surface area contributed by atoms with Crippen LogP contribution < -0.4 is 0 Å². The Morgan fingerprint density at radius 1 is 0.783 bits per heavy atom. The van der Waals surface area contributed by atoms with Gasteiger partial charge in [0.25, 0.3) is 0 Å². The summed E-state index contributed by atoms with van der Waals surface area (Å²) >= 11 is 5.97. The van der Waals surface area contributed by atoms with Crippen molar-refractivity contribution in [1.82, 2.24) is 15.0 Å². The molecule has 4 rings (SSSR count). The molecule has 0 atom stereocenters. The molecule has 5 heteroatoms. The average molecular weight is 321 g/mol.